The van der Waals surface area contributed by atoms with Crippen LogP contribution in [0.1, 0.15) is 21.6 Å². The molecule has 1 aliphatic rings. The monoisotopic (exact) mass is 361 g/mol. The number of anilines is 1. The van der Waals surface area contributed by atoms with Crippen LogP contribution in [0.5, 0.6) is 0 Å². The number of nitrogens with zero attached hydrogens (tertiary/aromatic N) is 4. The number of piperazine rings is 1. The Bertz CT molecular complexity index is 942. The molecule has 1 saturated heterocycles. The van der Waals surface area contributed by atoms with Crippen LogP contribution in [-0.2, 0) is 0 Å². The summed E-state index contributed by atoms with van der Waals surface area (Å²) in [5.74, 6) is -0.00162. The maximum absolute atomic E-state index is 12.8. The van der Waals surface area contributed by atoms with Crippen molar-refractivity contribution in [3.05, 3.63) is 65.6 Å². The van der Waals surface area contributed by atoms with Gasteiger partial charge in [0.2, 0.25) is 0 Å². The molecule has 0 bridgehead atoms. The quantitative estimate of drug-likeness (QED) is 0.779. The standard InChI is InChI=1S/C21H23N5O/c1-15-5-6-16(2)20(12-15)25-8-10-26(11-9-25)21(27)19-13-18(23-24-19)17-4-3-7-22-14-17/h3-7,12-14H,8-11H2,1-2H3,(H,23,24). The second-order valence-electron chi connectivity index (χ2n) is 6.98. The van der Waals surface area contributed by atoms with E-state index >= 15 is 0 Å². The molecule has 27 heavy (non-hydrogen) atoms. The number of H-pyrrole nitrogens is 1. The number of amides is 1. The highest BCUT2D eigenvalue weighted by Crippen LogP contribution is 2.23. The van der Waals surface area contributed by atoms with Crippen LogP contribution in [0.2, 0.25) is 0 Å². The Morgan fingerprint density at radius 2 is 1.89 bits per heavy atom. The van der Waals surface area contributed by atoms with Gasteiger partial charge in [0.1, 0.15) is 5.69 Å². The highest BCUT2D eigenvalue weighted by atomic mass is 16.2. The van der Waals surface area contributed by atoms with Gasteiger partial charge in [-0.15, -0.1) is 0 Å². The van der Waals surface area contributed by atoms with Crippen LogP contribution < -0.4 is 4.90 Å². The molecule has 138 valence electrons. The maximum atomic E-state index is 12.8. The molecule has 1 N–H and O–H groups in total. The van der Waals surface area contributed by atoms with Crippen molar-refractivity contribution in [1.29, 1.82) is 0 Å². The molecule has 2 aromatic heterocycles. The molecule has 4 rings (SSSR count). The van der Waals surface area contributed by atoms with Gasteiger partial charge in [0.25, 0.3) is 5.91 Å². The van der Waals surface area contributed by atoms with Crippen molar-refractivity contribution in [3.63, 3.8) is 0 Å². The Morgan fingerprint density at radius 1 is 1.07 bits per heavy atom. The molecule has 0 unspecified atom stereocenters. The summed E-state index contributed by atoms with van der Waals surface area (Å²) in [5, 5.41) is 7.14. The summed E-state index contributed by atoms with van der Waals surface area (Å²) in [6.07, 6.45) is 3.46. The third kappa shape index (κ3) is 3.56. The topological polar surface area (TPSA) is 65.1 Å². The Hall–Kier alpha value is -3.15. The Balaban J connectivity index is 1.43. The second kappa shape index (κ2) is 7.23. The molecule has 0 aliphatic carbocycles. The van der Waals surface area contributed by atoms with Gasteiger partial charge in [-0.2, -0.15) is 5.10 Å². The van der Waals surface area contributed by atoms with E-state index in [0.717, 1.165) is 24.3 Å². The number of hydrogen-bond donors (Lipinski definition) is 1. The number of rotatable bonds is 3. The molecule has 3 heterocycles. The van der Waals surface area contributed by atoms with Gasteiger partial charge in [0.05, 0.1) is 5.69 Å². The third-order valence-corrected chi connectivity index (χ3v) is 5.04. The highest BCUT2D eigenvalue weighted by Gasteiger charge is 2.24. The SMILES string of the molecule is Cc1ccc(C)c(N2CCN(C(=O)c3cc(-c4cccnc4)n[nH]3)CC2)c1. The van der Waals surface area contributed by atoms with Gasteiger partial charge in [-0.25, -0.2) is 0 Å². The van der Waals surface area contributed by atoms with E-state index < -0.39 is 0 Å². The fraction of sp³-hybridized carbons (Fsp3) is 0.286. The summed E-state index contributed by atoms with van der Waals surface area (Å²) in [6, 6.07) is 12.1. The first-order valence-electron chi connectivity index (χ1n) is 9.19. The number of carbonyl (C=O) groups is 1. The summed E-state index contributed by atoms with van der Waals surface area (Å²) < 4.78 is 0. The van der Waals surface area contributed by atoms with Crippen LogP contribution in [0.3, 0.4) is 0 Å². The second-order valence-corrected chi connectivity index (χ2v) is 6.98. The summed E-state index contributed by atoms with van der Waals surface area (Å²) in [7, 11) is 0. The molecule has 1 aliphatic heterocycles. The highest BCUT2D eigenvalue weighted by molar-refractivity contribution is 5.93. The number of aryl methyl sites for hydroxylation is 2. The molecule has 1 amide bonds. The number of carbonyl (C=O) groups excluding carboxylic acids is 1. The predicted molar refractivity (Wildman–Crippen MR) is 106 cm³/mol. The average molecular weight is 361 g/mol. The lowest BCUT2D eigenvalue weighted by Gasteiger charge is -2.36. The van der Waals surface area contributed by atoms with E-state index in [2.05, 4.69) is 52.1 Å². The van der Waals surface area contributed by atoms with E-state index in [0.29, 0.717) is 18.8 Å². The van der Waals surface area contributed by atoms with Crippen LogP contribution in [0.25, 0.3) is 11.3 Å². The average Bonchev–Trinajstić information content (AvgIpc) is 3.20. The van der Waals surface area contributed by atoms with E-state index in [1.54, 1.807) is 18.5 Å². The fourth-order valence-electron chi connectivity index (χ4n) is 3.47. The first-order valence-corrected chi connectivity index (χ1v) is 9.19. The minimum atomic E-state index is -0.00162. The Labute approximate surface area is 158 Å². The minimum Gasteiger partial charge on any atom is -0.368 e. The predicted octanol–water partition coefficient (Wildman–Crippen LogP) is 3.05. The van der Waals surface area contributed by atoms with Crippen molar-refractivity contribution < 1.29 is 4.79 Å². The lowest BCUT2D eigenvalue weighted by atomic mass is 10.1. The number of nitrogens with one attached hydrogen (secondary N) is 1. The number of benzene rings is 1. The van der Waals surface area contributed by atoms with Gasteiger partial charge in [0.15, 0.2) is 0 Å². The van der Waals surface area contributed by atoms with Crippen LogP contribution in [0, 0.1) is 13.8 Å². The summed E-state index contributed by atoms with van der Waals surface area (Å²) >= 11 is 0. The molecule has 3 aromatic rings. The fourth-order valence-corrected chi connectivity index (χ4v) is 3.47. The Kier molecular flexibility index (Phi) is 4.62. The van der Waals surface area contributed by atoms with Crippen LogP contribution in [-0.4, -0.2) is 52.2 Å². The zero-order chi connectivity index (χ0) is 18.8. The molecule has 0 saturated carbocycles. The van der Waals surface area contributed by atoms with Gasteiger partial charge in [-0.05, 0) is 49.2 Å². The zero-order valence-corrected chi connectivity index (χ0v) is 15.6. The zero-order valence-electron chi connectivity index (χ0n) is 15.6. The minimum absolute atomic E-state index is 0.00162. The number of pyridine rings is 1. The van der Waals surface area contributed by atoms with Gasteiger partial charge < -0.3 is 9.80 Å². The molecule has 6 nitrogen and oxygen atoms in total. The molecule has 6 heteroatoms. The lowest BCUT2D eigenvalue weighted by molar-refractivity contribution is 0.0741. The number of aromatic nitrogens is 3. The normalized spacial score (nSPS) is 14.4. The van der Waals surface area contributed by atoms with Gasteiger partial charge in [-0.1, -0.05) is 12.1 Å². The van der Waals surface area contributed by atoms with Crippen LogP contribution in [0.4, 0.5) is 5.69 Å². The Morgan fingerprint density at radius 3 is 2.63 bits per heavy atom. The van der Waals surface area contributed by atoms with Crippen molar-refractivity contribution in [1.82, 2.24) is 20.1 Å². The third-order valence-electron chi connectivity index (χ3n) is 5.04. The number of aromatic amines is 1. The van der Waals surface area contributed by atoms with Crippen molar-refractivity contribution in [2.45, 2.75) is 13.8 Å². The lowest BCUT2D eigenvalue weighted by Crippen LogP contribution is -2.49. The van der Waals surface area contributed by atoms with Crippen LogP contribution >= 0.6 is 0 Å². The van der Waals surface area contributed by atoms with Crippen molar-refractivity contribution in [3.8, 4) is 11.3 Å². The molecular formula is C21H23N5O. The van der Waals surface area contributed by atoms with Gasteiger partial charge in [-0.3, -0.25) is 14.9 Å². The first kappa shape index (κ1) is 17.3. The smallest absolute Gasteiger partial charge is 0.272 e. The molecule has 1 aromatic carbocycles. The molecule has 0 radical (unpaired) electrons. The summed E-state index contributed by atoms with van der Waals surface area (Å²) in [5.41, 5.74) is 5.95. The van der Waals surface area contributed by atoms with E-state index in [-0.39, 0.29) is 5.91 Å². The molecule has 0 atom stereocenters. The van der Waals surface area contributed by atoms with E-state index in [9.17, 15) is 4.79 Å². The molecule has 1 fully saturated rings. The largest absolute Gasteiger partial charge is 0.368 e. The van der Waals surface area contributed by atoms with Crippen molar-refractivity contribution >= 4 is 11.6 Å². The number of hydrogen-bond acceptors (Lipinski definition) is 4. The van der Waals surface area contributed by atoms with Gasteiger partial charge in [0, 0.05) is 49.8 Å². The maximum Gasteiger partial charge on any atom is 0.272 e. The van der Waals surface area contributed by atoms with E-state index in [1.165, 1.54) is 16.8 Å². The van der Waals surface area contributed by atoms with Crippen molar-refractivity contribution in [2.24, 2.45) is 0 Å². The van der Waals surface area contributed by atoms with Gasteiger partial charge >= 0.3 is 0 Å². The summed E-state index contributed by atoms with van der Waals surface area (Å²) in [6.45, 7) is 7.32. The molecular weight excluding hydrogens is 338 g/mol. The summed E-state index contributed by atoms with van der Waals surface area (Å²) in [4.78, 5) is 21.2. The van der Waals surface area contributed by atoms with E-state index in [4.69, 9.17) is 0 Å². The van der Waals surface area contributed by atoms with Crippen LogP contribution in [0.15, 0.2) is 48.8 Å². The van der Waals surface area contributed by atoms with Crippen molar-refractivity contribution in [2.75, 3.05) is 31.1 Å². The first-order chi connectivity index (χ1) is 13.1. The van der Waals surface area contributed by atoms with E-state index in [1.807, 2.05) is 17.0 Å². The molecule has 0 spiro atoms.